The maximum absolute atomic E-state index is 12.4. The smallest absolute Gasteiger partial charge is 0.481 e. The molecule has 2 aromatic rings. The van der Waals surface area contributed by atoms with Crippen LogP contribution in [0.3, 0.4) is 0 Å². The second kappa shape index (κ2) is 9.30. The molecule has 3 N–H and O–H groups in total. The summed E-state index contributed by atoms with van der Waals surface area (Å²) in [7, 11) is 1.50. The summed E-state index contributed by atoms with van der Waals surface area (Å²) in [6.45, 7) is 0.206. The van der Waals surface area contributed by atoms with Gasteiger partial charge in [-0.15, -0.1) is 37.1 Å². The molecule has 0 bridgehead atoms. The molecular weight excluding hydrogens is 452 g/mol. The third-order valence-electron chi connectivity index (χ3n) is 2.81. The first-order valence-corrected chi connectivity index (χ1v) is 6.78. The van der Waals surface area contributed by atoms with Crippen LogP contribution in [0.15, 0.2) is 47.6 Å². The van der Waals surface area contributed by atoms with E-state index < -0.39 is 12.1 Å². The Kier molecular flexibility index (Phi) is 7.74. The predicted molar refractivity (Wildman–Crippen MR) is 98.3 cm³/mol. The van der Waals surface area contributed by atoms with Crippen molar-refractivity contribution in [2.75, 3.05) is 12.4 Å². The van der Waals surface area contributed by atoms with Crippen molar-refractivity contribution >= 4 is 35.6 Å². The molecule has 0 saturated heterocycles. The largest absolute Gasteiger partial charge is 0.573 e. The predicted octanol–water partition coefficient (Wildman–Crippen LogP) is 3.53. The van der Waals surface area contributed by atoms with Crippen LogP contribution in [0.5, 0.6) is 11.6 Å². The molecule has 6 nitrogen and oxygen atoms in total. The van der Waals surface area contributed by atoms with Crippen molar-refractivity contribution in [3.8, 4) is 11.6 Å². The highest BCUT2D eigenvalue weighted by Crippen LogP contribution is 2.29. The molecule has 0 saturated carbocycles. The number of halogens is 4. The maximum Gasteiger partial charge on any atom is 0.573 e. The third kappa shape index (κ3) is 7.03. The minimum Gasteiger partial charge on any atom is -0.481 e. The quantitative estimate of drug-likeness (QED) is 0.399. The zero-order valence-electron chi connectivity index (χ0n) is 13.1. The third-order valence-corrected chi connectivity index (χ3v) is 2.81. The number of methoxy groups -OCH3 is 1. The van der Waals surface area contributed by atoms with Gasteiger partial charge in [0.1, 0.15) is 0 Å². The van der Waals surface area contributed by atoms with Gasteiger partial charge in [-0.3, -0.25) is 0 Å². The van der Waals surface area contributed by atoms with E-state index >= 15 is 0 Å². The fraction of sp³-hybridized carbons (Fsp3) is 0.200. The second-order valence-corrected chi connectivity index (χ2v) is 4.58. The molecule has 25 heavy (non-hydrogen) atoms. The number of nitrogens with two attached hydrogens (primary N) is 1. The topological polar surface area (TPSA) is 81.8 Å². The Bertz CT molecular complexity index is 709. The molecule has 0 radical (unpaired) electrons. The lowest BCUT2D eigenvalue weighted by Crippen LogP contribution is -2.24. The zero-order valence-corrected chi connectivity index (χ0v) is 15.4. The van der Waals surface area contributed by atoms with Gasteiger partial charge in [-0.05, 0) is 17.7 Å². The van der Waals surface area contributed by atoms with Crippen LogP contribution in [0.4, 0.5) is 18.9 Å². The highest BCUT2D eigenvalue weighted by atomic mass is 127. The molecule has 0 aliphatic heterocycles. The Morgan fingerprint density at radius 2 is 1.96 bits per heavy atom. The van der Waals surface area contributed by atoms with Crippen LogP contribution < -0.4 is 20.5 Å². The number of nitrogens with zero attached hydrogens (tertiary/aromatic N) is 2. The van der Waals surface area contributed by atoms with Gasteiger partial charge in [0.25, 0.3) is 0 Å². The Morgan fingerprint density at radius 3 is 2.56 bits per heavy atom. The number of benzene rings is 1. The van der Waals surface area contributed by atoms with Crippen molar-refractivity contribution in [3.05, 3.63) is 48.2 Å². The molecule has 1 heterocycles. The molecule has 0 amide bonds. The van der Waals surface area contributed by atoms with Gasteiger partial charge in [0.15, 0.2) is 11.7 Å². The van der Waals surface area contributed by atoms with Gasteiger partial charge in [-0.2, -0.15) is 0 Å². The van der Waals surface area contributed by atoms with Gasteiger partial charge >= 0.3 is 6.36 Å². The summed E-state index contributed by atoms with van der Waals surface area (Å²) in [6.07, 6.45) is -3.23. The summed E-state index contributed by atoms with van der Waals surface area (Å²) in [5, 5.41) is 2.58. The van der Waals surface area contributed by atoms with E-state index in [1.165, 1.54) is 25.3 Å². The fourth-order valence-electron chi connectivity index (χ4n) is 1.76. The lowest BCUT2D eigenvalue weighted by Gasteiger charge is -2.14. The molecule has 0 unspecified atom stereocenters. The SMILES string of the molecule is COc1ccc(CN=C(N)Nc2ccccc2OC(F)(F)F)cn1.I. The Hall–Kier alpha value is -2.24. The number of guanidine groups is 1. The summed E-state index contributed by atoms with van der Waals surface area (Å²) >= 11 is 0. The van der Waals surface area contributed by atoms with E-state index in [1.807, 2.05) is 0 Å². The molecule has 1 aromatic carbocycles. The first-order chi connectivity index (χ1) is 11.4. The second-order valence-electron chi connectivity index (χ2n) is 4.58. The van der Waals surface area contributed by atoms with Gasteiger partial charge in [0.05, 0.1) is 19.3 Å². The van der Waals surface area contributed by atoms with Crippen molar-refractivity contribution in [2.45, 2.75) is 12.9 Å². The number of anilines is 1. The molecule has 0 aliphatic carbocycles. The number of aromatic nitrogens is 1. The summed E-state index contributed by atoms with van der Waals surface area (Å²) in [5.41, 5.74) is 6.52. The van der Waals surface area contributed by atoms with Gasteiger partial charge in [0, 0.05) is 12.3 Å². The summed E-state index contributed by atoms with van der Waals surface area (Å²) < 4.78 is 45.9. The van der Waals surface area contributed by atoms with E-state index in [0.29, 0.717) is 5.88 Å². The van der Waals surface area contributed by atoms with Crippen LogP contribution in [-0.2, 0) is 6.54 Å². The van der Waals surface area contributed by atoms with E-state index in [2.05, 4.69) is 20.0 Å². The number of aliphatic imine (C=N–C) groups is 1. The van der Waals surface area contributed by atoms with E-state index in [4.69, 9.17) is 10.5 Å². The highest BCUT2D eigenvalue weighted by Gasteiger charge is 2.32. The standard InChI is InChI=1S/C15H15F3N4O2.HI/c1-23-13-7-6-10(8-20-13)9-21-14(19)22-11-4-2-3-5-12(11)24-15(16,17)18;/h2-8H,9H2,1H3,(H3,19,21,22);1H. The van der Waals surface area contributed by atoms with Gasteiger partial charge < -0.3 is 20.5 Å². The average molecular weight is 468 g/mol. The summed E-state index contributed by atoms with van der Waals surface area (Å²) in [4.78, 5) is 8.06. The van der Waals surface area contributed by atoms with Crippen molar-refractivity contribution in [3.63, 3.8) is 0 Å². The lowest BCUT2D eigenvalue weighted by atomic mass is 10.3. The van der Waals surface area contributed by atoms with Gasteiger partial charge in [-0.25, -0.2) is 9.98 Å². The minimum atomic E-state index is -4.79. The molecule has 10 heteroatoms. The monoisotopic (exact) mass is 468 g/mol. The molecule has 2 rings (SSSR count). The van der Waals surface area contributed by atoms with Crippen molar-refractivity contribution in [1.82, 2.24) is 4.98 Å². The number of alkyl halides is 3. The average Bonchev–Trinajstić information content (AvgIpc) is 2.54. The van der Waals surface area contributed by atoms with E-state index in [9.17, 15) is 13.2 Å². The van der Waals surface area contributed by atoms with E-state index in [-0.39, 0.29) is 42.2 Å². The number of ether oxygens (including phenoxy) is 2. The van der Waals surface area contributed by atoms with Gasteiger partial charge in [-0.1, -0.05) is 18.2 Å². The number of nitrogens with one attached hydrogen (secondary N) is 1. The molecule has 0 aliphatic rings. The van der Waals surface area contributed by atoms with Crippen LogP contribution in [0.1, 0.15) is 5.56 Å². The Balaban J connectivity index is 0.00000312. The van der Waals surface area contributed by atoms with Gasteiger partial charge in [0.2, 0.25) is 5.88 Å². The van der Waals surface area contributed by atoms with E-state index in [1.54, 1.807) is 24.4 Å². The lowest BCUT2D eigenvalue weighted by molar-refractivity contribution is -0.274. The molecule has 1 aromatic heterocycles. The summed E-state index contributed by atoms with van der Waals surface area (Å²) in [5.74, 6) is 0.0189. The summed E-state index contributed by atoms with van der Waals surface area (Å²) in [6, 6.07) is 8.97. The van der Waals surface area contributed by atoms with Crippen LogP contribution in [0.2, 0.25) is 0 Å². The minimum absolute atomic E-state index is 0. The molecule has 136 valence electrons. The Morgan fingerprint density at radius 1 is 1.24 bits per heavy atom. The zero-order chi connectivity index (χ0) is 17.6. The molecule has 0 fully saturated rings. The van der Waals surface area contributed by atoms with Crippen LogP contribution in [0, 0.1) is 0 Å². The molecule has 0 atom stereocenters. The normalized spacial score (nSPS) is 11.4. The first kappa shape index (κ1) is 20.8. The number of pyridine rings is 1. The number of rotatable bonds is 5. The molecule has 0 spiro atoms. The maximum atomic E-state index is 12.4. The van der Waals surface area contributed by atoms with Crippen LogP contribution >= 0.6 is 24.0 Å². The Labute approximate surface area is 159 Å². The first-order valence-electron chi connectivity index (χ1n) is 6.78. The number of hydrogen-bond acceptors (Lipinski definition) is 4. The van der Waals surface area contributed by atoms with Crippen molar-refractivity contribution in [1.29, 1.82) is 0 Å². The van der Waals surface area contributed by atoms with E-state index in [0.717, 1.165) is 5.56 Å². The number of hydrogen-bond donors (Lipinski definition) is 2. The fourth-order valence-corrected chi connectivity index (χ4v) is 1.76. The van der Waals surface area contributed by atoms with Crippen molar-refractivity contribution < 1.29 is 22.6 Å². The highest BCUT2D eigenvalue weighted by molar-refractivity contribution is 14.0. The van der Waals surface area contributed by atoms with Crippen LogP contribution in [0.25, 0.3) is 0 Å². The van der Waals surface area contributed by atoms with Crippen molar-refractivity contribution in [2.24, 2.45) is 10.7 Å². The van der Waals surface area contributed by atoms with Crippen LogP contribution in [-0.4, -0.2) is 24.4 Å². The number of para-hydroxylation sites is 2. The molecular formula is C15H16F3IN4O2.